The number of nitrogens with one attached hydrogen (secondary N) is 2. The first-order valence-corrected chi connectivity index (χ1v) is 11.4. The molecular formula is C22H30F6N4O7. The van der Waals surface area contributed by atoms with Gasteiger partial charge in [0.05, 0.1) is 11.8 Å². The van der Waals surface area contributed by atoms with Crippen LogP contribution in [0.15, 0.2) is 6.07 Å². The van der Waals surface area contributed by atoms with Gasteiger partial charge in [-0.3, -0.25) is 15.5 Å². The van der Waals surface area contributed by atoms with Gasteiger partial charge >= 0.3 is 24.4 Å². The second-order valence-electron chi connectivity index (χ2n) is 9.53. The number of hydrazine groups is 1. The molecule has 222 valence electrons. The standard InChI is InChI=1S/C22H30F6N4O7/c1-11(8-6-5-7-9-20(37,17(34)35)22(26,27)28)38-16-12(21(23,24)25)10-13(14(31-16)15(33)32-29)30-18(36)39-19(2,3)4/h10-11,37H,5-9,29H2,1-4H3,(H,30,36)(H,32,33)(H,34,35)/t11-,20?/m0/s1. The number of aromatic nitrogens is 1. The third kappa shape index (κ3) is 9.72. The van der Waals surface area contributed by atoms with Crippen molar-refractivity contribution in [2.45, 2.75) is 89.5 Å². The third-order valence-electron chi connectivity index (χ3n) is 5.06. The Morgan fingerprint density at radius 3 is 2.13 bits per heavy atom. The molecule has 0 saturated carbocycles. The minimum atomic E-state index is -5.40. The van der Waals surface area contributed by atoms with Crippen molar-refractivity contribution >= 4 is 23.7 Å². The van der Waals surface area contributed by atoms with Crippen molar-refractivity contribution in [3.05, 3.63) is 17.3 Å². The van der Waals surface area contributed by atoms with E-state index in [0.717, 1.165) is 0 Å². The molecule has 0 radical (unpaired) electrons. The van der Waals surface area contributed by atoms with Crippen LogP contribution >= 0.6 is 0 Å². The van der Waals surface area contributed by atoms with E-state index in [2.05, 4.69) is 4.98 Å². The molecule has 39 heavy (non-hydrogen) atoms. The van der Waals surface area contributed by atoms with E-state index >= 15 is 0 Å². The van der Waals surface area contributed by atoms with Crippen molar-refractivity contribution in [3.8, 4) is 5.88 Å². The van der Waals surface area contributed by atoms with E-state index in [1.807, 2.05) is 5.32 Å². The number of hydrogen-bond acceptors (Lipinski definition) is 8. The average Bonchev–Trinajstić information content (AvgIpc) is 2.75. The Balaban J connectivity index is 3.06. The lowest BCUT2D eigenvalue weighted by Crippen LogP contribution is -2.52. The van der Waals surface area contributed by atoms with Gasteiger partial charge < -0.3 is 19.7 Å². The van der Waals surface area contributed by atoms with Gasteiger partial charge in [0.2, 0.25) is 5.88 Å². The van der Waals surface area contributed by atoms with Gasteiger partial charge in [0.1, 0.15) is 11.2 Å². The normalized spacial score (nSPS) is 14.7. The highest BCUT2D eigenvalue weighted by atomic mass is 19.4. The summed E-state index contributed by atoms with van der Waals surface area (Å²) in [6.07, 6.45) is -14.0. The number of nitrogen functional groups attached to an aromatic ring is 1. The number of amides is 2. The number of halogens is 6. The highest BCUT2D eigenvalue weighted by molar-refractivity contribution is 6.01. The molecule has 2 amide bonds. The van der Waals surface area contributed by atoms with E-state index in [0.29, 0.717) is 6.07 Å². The van der Waals surface area contributed by atoms with Crippen LogP contribution in [0, 0.1) is 0 Å². The second kappa shape index (κ2) is 12.7. The van der Waals surface area contributed by atoms with E-state index < -0.39 is 76.9 Å². The number of unbranched alkanes of at least 4 members (excludes halogenated alkanes) is 2. The Kier molecular flexibility index (Phi) is 10.9. The number of anilines is 1. The second-order valence-corrected chi connectivity index (χ2v) is 9.53. The maximum Gasteiger partial charge on any atom is 0.428 e. The first-order valence-electron chi connectivity index (χ1n) is 11.4. The highest BCUT2D eigenvalue weighted by Crippen LogP contribution is 2.39. The monoisotopic (exact) mass is 576 g/mol. The van der Waals surface area contributed by atoms with Crippen LogP contribution in [0.3, 0.4) is 0 Å². The fraction of sp³-hybridized carbons (Fsp3) is 0.636. The van der Waals surface area contributed by atoms with Gasteiger partial charge in [-0.15, -0.1) is 0 Å². The number of aliphatic hydroxyl groups is 1. The zero-order chi connectivity index (χ0) is 30.4. The number of hydrogen-bond donors (Lipinski definition) is 5. The molecule has 0 aliphatic rings. The van der Waals surface area contributed by atoms with Crippen molar-refractivity contribution in [3.63, 3.8) is 0 Å². The van der Waals surface area contributed by atoms with Crippen LogP contribution in [0.1, 0.15) is 75.9 Å². The van der Waals surface area contributed by atoms with Crippen LogP contribution in [0.5, 0.6) is 5.88 Å². The molecule has 0 aromatic carbocycles. The van der Waals surface area contributed by atoms with Crippen LogP contribution in [0.25, 0.3) is 0 Å². The Morgan fingerprint density at radius 2 is 1.67 bits per heavy atom. The first kappa shape index (κ1) is 33.7. The van der Waals surface area contributed by atoms with Crippen LogP contribution in [0.2, 0.25) is 0 Å². The summed E-state index contributed by atoms with van der Waals surface area (Å²) in [6.45, 7) is 5.84. The number of alkyl halides is 6. The lowest BCUT2D eigenvalue weighted by atomic mass is 9.95. The molecule has 0 aliphatic heterocycles. The zero-order valence-corrected chi connectivity index (χ0v) is 21.4. The number of ether oxygens (including phenoxy) is 2. The molecule has 1 heterocycles. The molecule has 11 nitrogen and oxygen atoms in total. The number of carbonyl (C=O) groups is 3. The zero-order valence-electron chi connectivity index (χ0n) is 21.4. The summed E-state index contributed by atoms with van der Waals surface area (Å²) in [6, 6.07) is 0.410. The lowest BCUT2D eigenvalue weighted by molar-refractivity contribution is -0.262. The quantitative estimate of drug-likeness (QED) is 0.0853. The number of nitrogens with two attached hydrogens (primary N) is 1. The summed E-state index contributed by atoms with van der Waals surface area (Å²) in [5, 5.41) is 20.1. The van der Waals surface area contributed by atoms with E-state index in [-0.39, 0.29) is 25.7 Å². The van der Waals surface area contributed by atoms with Gasteiger partial charge in [-0.05, 0) is 59.4 Å². The summed E-state index contributed by atoms with van der Waals surface area (Å²) >= 11 is 0. The van der Waals surface area contributed by atoms with Crippen molar-refractivity contribution in [1.82, 2.24) is 10.4 Å². The van der Waals surface area contributed by atoms with Gasteiger partial charge in [0, 0.05) is 0 Å². The van der Waals surface area contributed by atoms with Gasteiger partial charge in [-0.25, -0.2) is 20.4 Å². The van der Waals surface area contributed by atoms with Gasteiger partial charge in [-0.1, -0.05) is 6.42 Å². The number of rotatable bonds is 11. The van der Waals surface area contributed by atoms with Crippen LogP contribution in [-0.4, -0.2) is 56.6 Å². The molecule has 0 bridgehead atoms. The van der Waals surface area contributed by atoms with Crippen molar-refractivity contribution in [2.75, 3.05) is 5.32 Å². The average molecular weight is 576 g/mol. The molecule has 0 spiro atoms. The number of nitrogens with zero attached hydrogens (tertiary/aromatic N) is 1. The lowest BCUT2D eigenvalue weighted by Gasteiger charge is -2.26. The fourth-order valence-electron chi connectivity index (χ4n) is 3.15. The predicted octanol–water partition coefficient (Wildman–Crippen LogP) is 4.15. The number of aliphatic carboxylic acids is 1. The molecule has 6 N–H and O–H groups in total. The maximum absolute atomic E-state index is 13.8. The molecule has 0 aliphatic carbocycles. The van der Waals surface area contributed by atoms with Gasteiger partial charge in [-0.2, -0.15) is 26.3 Å². The Hall–Kier alpha value is -3.34. The predicted molar refractivity (Wildman–Crippen MR) is 123 cm³/mol. The van der Waals surface area contributed by atoms with Crippen LogP contribution in [0.4, 0.5) is 36.8 Å². The maximum atomic E-state index is 13.8. The molecule has 1 aromatic heterocycles. The number of carboxylic acids is 1. The van der Waals surface area contributed by atoms with E-state index in [1.165, 1.54) is 27.7 Å². The summed E-state index contributed by atoms with van der Waals surface area (Å²) in [7, 11) is 0. The topological polar surface area (TPSA) is 173 Å². The summed E-state index contributed by atoms with van der Waals surface area (Å²) in [5.74, 6) is 0.443. The highest BCUT2D eigenvalue weighted by Gasteiger charge is 2.59. The third-order valence-corrected chi connectivity index (χ3v) is 5.06. The van der Waals surface area contributed by atoms with E-state index in [9.17, 15) is 45.8 Å². The Bertz CT molecular complexity index is 1040. The number of pyridine rings is 1. The summed E-state index contributed by atoms with van der Waals surface area (Å²) in [5.41, 5.74) is -6.10. The minimum Gasteiger partial charge on any atom is -0.479 e. The van der Waals surface area contributed by atoms with Gasteiger partial charge in [0.25, 0.3) is 11.5 Å². The SMILES string of the molecule is C[C@@H](CCCCCC(O)(C(=O)O)C(F)(F)F)Oc1nc(C(=O)NN)c(NC(=O)OC(C)(C)C)cc1C(F)(F)F. The summed E-state index contributed by atoms with van der Waals surface area (Å²) < 4.78 is 90.1. The molecule has 1 rings (SSSR count). The van der Waals surface area contributed by atoms with Crippen molar-refractivity contribution < 1.29 is 60.4 Å². The van der Waals surface area contributed by atoms with E-state index in [1.54, 1.807) is 5.43 Å². The molecule has 1 aromatic rings. The molecule has 0 saturated heterocycles. The molecule has 17 heteroatoms. The van der Waals surface area contributed by atoms with Crippen LogP contribution < -0.4 is 21.3 Å². The van der Waals surface area contributed by atoms with E-state index in [4.69, 9.17) is 20.4 Å². The largest absolute Gasteiger partial charge is 0.479 e. The fourth-order valence-corrected chi connectivity index (χ4v) is 3.15. The minimum absolute atomic E-state index is 0.00712. The first-order chi connectivity index (χ1) is 17.6. The molecular weight excluding hydrogens is 546 g/mol. The summed E-state index contributed by atoms with van der Waals surface area (Å²) in [4.78, 5) is 38.7. The Labute approximate surface area is 219 Å². The van der Waals surface area contributed by atoms with Crippen molar-refractivity contribution in [1.29, 1.82) is 0 Å². The Morgan fingerprint density at radius 1 is 1.08 bits per heavy atom. The van der Waals surface area contributed by atoms with Crippen molar-refractivity contribution in [2.24, 2.45) is 5.84 Å². The number of carbonyl (C=O) groups excluding carboxylic acids is 2. The molecule has 2 atom stereocenters. The van der Waals surface area contributed by atoms with Crippen LogP contribution in [-0.2, 0) is 15.7 Å². The number of carboxylic acid groups (broad SMARTS) is 1. The molecule has 0 fully saturated rings. The van der Waals surface area contributed by atoms with Gasteiger partial charge in [0.15, 0.2) is 5.69 Å². The molecule has 1 unspecified atom stereocenters. The smallest absolute Gasteiger partial charge is 0.428 e.